The summed E-state index contributed by atoms with van der Waals surface area (Å²) in [5.74, 6) is -0.362. The number of alkyl halides is 1. The van der Waals surface area contributed by atoms with Crippen molar-refractivity contribution in [2.75, 3.05) is 0 Å². The van der Waals surface area contributed by atoms with Crippen LogP contribution in [0.15, 0.2) is 30.4 Å². The summed E-state index contributed by atoms with van der Waals surface area (Å²) in [4.78, 5) is 0. The van der Waals surface area contributed by atoms with Crippen LogP contribution in [0.4, 0.5) is 8.78 Å². The fourth-order valence-electron chi connectivity index (χ4n) is 1.32. The van der Waals surface area contributed by atoms with Crippen LogP contribution in [0, 0.1) is 12.2 Å². The lowest BCUT2D eigenvalue weighted by Gasteiger charge is -2.14. The quantitative estimate of drug-likeness (QED) is 0.554. The van der Waals surface area contributed by atoms with Gasteiger partial charge in [0.2, 0.25) is 0 Å². The molecule has 1 aromatic carbocycles. The third-order valence-electron chi connectivity index (χ3n) is 1.93. The Balaban J connectivity index is 2.57. The largest absolute Gasteiger partial charge is 0.238 e. The van der Waals surface area contributed by atoms with E-state index in [-0.39, 0.29) is 5.82 Å². The van der Waals surface area contributed by atoms with E-state index in [0.717, 1.165) is 0 Å². The van der Waals surface area contributed by atoms with Crippen molar-refractivity contribution in [3.63, 3.8) is 0 Å². The molecule has 0 amide bonds. The summed E-state index contributed by atoms with van der Waals surface area (Å²) in [7, 11) is 0. The highest BCUT2D eigenvalue weighted by Gasteiger charge is 2.17. The molecular formula is C10H7F2. The third-order valence-corrected chi connectivity index (χ3v) is 1.93. The summed E-state index contributed by atoms with van der Waals surface area (Å²) in [6, 6.07) is 4.46. The molecule has 2 rings (SSSR count). The maximum atomic E-state index is 13.1. The molecule has 0 N–H and O–H groups in total. The second-order valence-electron chi connectivity index (χ2n) is 2.70. The zero-order chi connectivity index (χ0) is 8.55. The molecule has 0 heterocycles. The van der Waals surface area contributed by atoms with Crippen molar-refractivity contribution in [1.82, 2.24) is 0 Å². The molecular weight excluding hydrogens is 158 g/mol. The minimum atomic E-state index is -1.17. The number of hydrogen-bond donors (Lipinski definition) is 0. The first kappa shape index (κ1) is 7.47. The predicted molar refractivity (Wildman–Crippen MR) is 42.8 cm³/mol. The molecule has 61 valence electrons. The third kappa shape index (κ3) is 1.04. The van der Waals surface area contributed by atoms with Crippen molar-refractivity contribution in [3.05, 3.63) is 53.7 Å². The Labute approximate surface area is 69.5 Å². The van der Waals surface area contributed by atoms with Gasteiger partial charge in [0.25, 0.3) is 0 Å². The first-order valence-electron chi connectivity index (χ1n) is 3.73. The van der Waals surface area contributed by atoms with Gasteiger partial charge >= 0.3 is 0 Å². The highest BCUT2D eigenvalue weighted by Crippen LogP contribution is 2.29. The fourth-order valence-corrected chi connectivity index (χ4v) is 1.32. The van der Waals surface area contributed by atoms with Crippen LogP contribution in [0.5, 0.6) is 0 Å². The van der Waals surface area contributed by atoms with Crippen molar-refractivity contribution in [3.8, 4) is 0 Å². The zero-order valence-electron chi connectivity index (χ0n) is 6.30. The molecule has 0 saturated heterocycles. The first-order valence-corrected chi connectivity index (χ1v) is 3.73. The van der Waals surface area contributed by atoms with Crippen LogP contribution in [0.3, 0.4) is 0 Å². The Kier molecular flexibility index (Phi) is 1.68. The van der Waals surface area contributed by atoms with E-state index in [9.17, 15) is 8.78 Å². The van der Waals surface area contributed by atoms with E-state index in [1.54, 1.807) is 12.5 Å². The fraction of sp³-hybridized carbons (Fsp3) is 0.100. The van der Waals surface area contributed by atoms with Gasteiger partial charge in [0.05, 0.1) is 0 Å². The number of halogens is 2. The van der Waals surface area contributed by atoms with Gasteiger partial charge in [-0.25, -0.2) is 8.78 Å². The Hall–Kier alpha value is -1.18. The number of rotatable bonds is 0. The highest BCUT2D eigenvalue weighted by molar-refractivity contribution is 5.43. The predicted octanol–water partition coefficient (Wildman–Crippen LogP) is 2.96. The second kappa shape index (κ2) is 2.70. The van der Waals surface area contributed by atoms with Crippen LogP contribution in [-0.4, -0.2) is 0 Å². The van der Waals surface area contributed by atoms with Crippen molar-refractivity contribution < 1.29 is 8.78 Å². The van der Waals surface area contributed by atoms with Crippen LogP contribution in [-0.2, 0) is 0 Å². The van der Waals surface area contributed by atoms with E-state index < -0.39 is 6.17 Å². The van der Waals surface area contributed by atoms with E-state index in [1.807, 2.05) is 0 Å². The number of hydrogen-bond acceptors (Lipinski definition) is 0. The van der Waals surface area contributed by atoms with E-state index in [4.69, 9.17) is 0 Å². The first-order chi connectivity index (χ1) is 5.79. The molecule has 1 radical (unpaired) electrons. The van der Waals surface area contributed by atoms with Crippen LogP contribution in [0.2, 0.25) is 0 Å². The lowest BCUT2D eigenvalue weighted by atomic mass is 9.95. The molecule has 0 aromatic heterocycles. The molecule has 0 nitrogen and oxygen atoms in total. The molecule has 1 aliphatic carbocycles. The van der Waals surface area contributed by atoms with Crippen molar-refractivity contribution in [1.29, 1.82) is 0 Å². The summed E-state index contributed by atoms with van der Waals surface area (Å²) in [6.07, 6.45) is 3.36. The van der Waals surface area contributed by atoms with Gasteiger partial charge in [-0.2, -0.15) is 0 Å². The van der Waals surface area contributed by atoms with E-state index in [0.29, 0.717) is 11.1 Å². The van der Waals surface area contributed by atoms with Gasteiger partial charge in [0.1, 0.15) is 12.0 Å². The molecule has 2 heteroatoms. The minimum Gasteiger partial charge on any atom is -0.238 e. The second-order valence-corrected chi connectivity index (χ2v) is 2.70. The zero-order valence-corrected chi connectivity index (χ0v) is 6.30. The standard InChI is InChI=1S/C10H7F2/c11-9-5-1-3-7-8(9)4-2-6-10(7)12/h1-6,9H. The normalized spacial score (nSPS) is 20.7. The van der Waals surface area contributed by atoms with Crippen LogP contribution >= 0.6 is 0 Å². The lowest BCUT2D eigenvalue weighted by Crippen LogP contribution is -2.01. The SMILES string of the molecule is Fc1cccc2c1[CH]C=CC2F. The molecule has 0 bridgehead atoms. The van der Waals surface area contributed by atoms with Crippen LogP contribution < -0.4 is 0 Å². The monoisotopic (exact) mass is 165 g/mol. The van der Waals surface area contributed by atoms with Crippen LogP contribution in [0.25, 0.3) is 0 Å². The number of benzene rings is 1. The topological polar surface area (TPSA) is 0 Å². The van der Waals surface area contributed by atoms with Crippen molar-refractivity contribution >= 4 is 0 Å². The molecule has 0 fully saturated rings. The van der Waals surface area contributed by atoms with Gasteiger partial charge in [0.15, 0.2) is 0 Å². The smallest absolute Gasteiger partial charge is 0.144 e. The molecule has 1 unspecified atom stereocenters. The van der Waals surface area contributed by atoms with Crippen LogP contribution in [0.1, 0.15) is 17.3 Å². The number of allylic oxidation sites excluding steroid dienone is 2. The highest BCUT2D eigenvalue weighted by atomic mass is 19.1. The Morgan fingerprint density at radius 2 is 2.08 bits per heavy atom. The maximum absolute atomic E-state index is 13.1. The van der Waals surface area contributed by atoms with Crippen molar-refractivity contribution in [2.45, 2.75) is 6.17 Å². The van der Waals surface area contributed by atoms with Gasteiger partial charge in [0, 0.05) is 12.0 Å². The molecule has 1 aliphatic rings. The molecule has 0 aliphatic heterocycles. The maximum Gasteiger partial charge on any atom is 0.144 e. The molecule has 0 spiro atoms. The van der Waals surface area contributed by atoms with E-state index in [2.05, 4.69) is 0 Å². The van der Waals surface area contributed by atoms with Gasteiger partial charge in [-0.05, 0) is 17.7 Å². The minimum absolute atomic E-state index is 0.362. The summed E-state index contributed by atoms with van der Waals surface area (Å²) in [5, 5.41) is 0. The average Bonchev–Trinajstić information content (AvgIpc) is 2.07. The summed E-state index contributed by atoms with van der Waals surface area (Å²) in [6.45, 7) is 0. The van der Waals surface area contributed by atoms with Crippen molar-refractivity contribution in [2.24, 2.45) is 0 Å². The summed E-state index contributed by atoms with van der Waals surface area (Å²) in [5.41, 5.74) is 0.782. The van der Waals surface area contributed by atoms with Gasteiger partial charge in [-0.3, -0.25) is 0 Å². The summed E-state index contributed by atoms with van der Waals surface area (Å²) >= 11 is 0. The average molecular weight is 165 g/mol. The van der Waals surface area contributed by atoms with E-state index in [1.165, 1.54) is 24.3 Å². The van der Waals surface area contributed by atoms with Gasteiger partial charge in [-0.1, -0.05) is 18.2 Å². The lowest BCUT2D eigenvalue weighted by molar-refractivity contribution is 0.408. The van der Waals surface area contributed by atoms with E-state index >= 15 is 0 Å². The Bertz CT molecular complexity index is 329. The van der Waals surface area contributed by atoms with Gasteiger partial charge in [-0.15, -0.1) is 0 Å². The number of fused-ring (bicyclic) bond motifs is 1. The Morgan fingerprint density at radius 3 is 2.83 bits per heavy atom. The molecule has 12 heavy (non-hydrogen) atoms. The molecule has 1 atom stereocenters. The molecule has 0 saturated carbocycles. The molecule has 1 aromatic rings. The Morgan fingerprint density at radius 1 is 1.25 bits per heavy atom. The summed E-state index contributed by atoms with van der Waals surface area (Å²) < 4.78 is 26.1. The van der Waals surface area contributed by atoms with Gasteiger partial charge < -0.3 is 0 Å².